The zero-order chi connectivity index (χ0) is 16.4. The fourth-order valence-electron chi connectivity index (χ4n) is 2.08. The number of benzene rings is 1. The first kappa shape index (κ1) is 19.3. The van der Waals surface area contributed by atoms with Crippen molar-refractivity contribution in [3.8, 4) is 0 Å². The normalized spacial score (nSPS) is 15.8. The smallest absolute Gasteiger partial charge is 0.273 e. The zero-order valence-corrected chi connectivity index (χ0v) is 16.0. The molecular formula is C14H16ClFN4OS3. The molecule has 0 spiro atoms. The maximum atomic E-state index is 13.4. The van der Waals surface area contributed by atoms with E-state index in [2.05, 4.69) is 10.3 Å². The van der Waals surface area contributed by atoms with Gasteiger partial charge in [0, 0.05) is 29.6 Å². The van der Waals surface area contributed by atoms with Crippen LogP contribution in [0.25, 0.3) is 0 Å². The SMILES string of the molecule is CN1c2cc(F)ccc2SC1NC(=O)c1csc(SCCN)n1.Cl. The van der Waals surface area contributed by atoms with Gasteiger partial charge >= 0.3 is 0 Å². The van der Waals surface area contributed by atoms with Gasteiger partial charge in [-0.15, -0.1) is 23.7 Å². The number of thiazole rings is 1. The summed E-state index contributed by atoms with van der Waals surface area (Å²) >= 11 is 4.45. The van der Waals surface area contributed by atoms with Gasteiger partial charge < -0.3 is 16.0 Å². The molecule has 0 bridgehead atoms. The number of thioether (sulfide) groups is 2. The summed E-state index contributed by atoms with van der Waals surface area (Å²) in [5, 5.41) is 4.66. The molecule has 1 amide bonds. The number of rotatable bonds is 5. The van der Waals surface area contributed by atoms with Crippen molar-refractivity contribution in [3.05, 3.63) is 35.1 Å². The summed E-state index contributed by atoms with van der Waals surface area (Å²) in [6, 6.07) is 4.62. The Morgan fingerprint density at radius 3 is 3.08 bits per heavy atom. The quantitative estimate of drug-likeness (QED) is 0.744. The van der Waals surface area contributed by atoms with Crippen molar-refractivity contribution in [1.29, 1.82) is 0 Å². The topological polar surface area (TPSA) is 71.2 Å². The minimum atomic E-state index is -0.288. The number of carbonyl (C=O) groups excluding carboxylic acids is 1. The molecule has 130 valence electrons. The number of nitrogens with one attached hydrogen (secondary N) is 1. The van der Waals surface area contributed by atoms with Gasteiger partial charge in [0.15, 0.2) is 9.84 Å². The lowest BCUT2D eigenvalue weighted by Gasteiger charge is -2.21. The molecule has 1 atom stereocenters. The van der Waals surface area contributed by atoms with E-state index >= 15 is 0 Å². The molecule has 24 heavy (non-hydrogen) atoms. The molecule has 0 fully saturated rings. The van der Waals surface area contributed by atoms with Crippen molar-refractivity contribution in [3.63, 3.8) is 0 Å². The summed E-state index contributed by atoms with van der Waals surface area (Å²) in [4.78, 5) is 19.4. The third-order valence-corrected chi connectivity index (χ3v) is 6.52. The maximum Gasteiger partial charge on any atom is 0.273 e. The van der Waals surface area contributed by atoms with Crippen LogP contribution in [0.3, 0.4) is 0 Å². The Bertz CT molecular complexity index is 730. The van der Waals surface area contributed by atoms with Gasteiger partial charge in [-0.05, 0) is 18.2 Å². The van der Waals surface area contributed by atoms with E-state index < -0.39 is 0 Å². The molecule has 2 heterocycles. The Balaban J connectivity index is 0.00000208. The molecule has 3 rings (SSSR count). The Labute approximate surface area is 158 Å². The third-order valence-electron chi connectivity index (χ3n) is 3.21. The zero-order valence-electron chi connectivity index (χ0n) is 12.7. The van der Waals surface area contributed by atoms with Gasteiger partial charge in [0.05, 0.1) is 5.69 Å². The van der Waals surface area contributed by atoms with Gasteiger partial charge in [0.2, 0.25) is 0 Å². The highest BCUT2D eigenvalue weighted by Crippen LogP contribution is 2.41. The van der Waals surface area contributed by atoms with Crippen LogP contribution in [-0.4, -0.2) is 35.7 Å². The van der Waals surface area contributed by atoms with Gasteiger partial charge in [0.25, 0.3) is 5.91 Å². The van der Waals surface area contributed by atoms with Gasteiger partial charge in [-0.25, -0.2) is 9.37 Å². The number of aromatic nitrogens is 1. The molecule has 1 aliphatic heterocycles. The van der Waals surface area contributed by atoms with E-state index in [1.54, 1.807) is 11.4 Å². The highest BCUT2D eigenvalue weighted by atomic mass is 35.5. The van der Waals surface area contributed by atoms with Crippen LogP contribution in [-0.2, 0) is 0 Å². The summed E-state index contributed by atoms with van der Waals surface area (Å²) in [5.74, 6) is 0.249. The van der Waals surface area contributed by atoms with E-state index in [9.17, 15) is 9.18 Å². The molecule has 3 N–H and O–H groups in total. The molecule has 1 aliphatic rings. The Morgan fingerprint density at radius 1 is 1.54 bits per heavy atom. The van der Waals surface area contributed by atoms with Crippen molar-refractivity contribution < 1.29 is 9.18 Å². The number of carbonyl (C=O) groups is 1. The molecule has 0 saturated carbocycles. The number of fused-ring (bicyclic) bond motifs is 1. The van der Waals surface area contributed by atoms with Crippen LogP contribution in [0.15, 0.2) is 32.8 Å². The number of nitrogens with two attached hydrogens (primary N) is 1. The molecule has 0 saturated heterocycles. The predicted octanol–water partition coefficient (Wildman–Crippen LogP) is 3.01. The monoisotopic (exact) mass is 406 g/mol. The highest BCUT2D eigenvalue weighted by molar-refractivity contribution is 8.01. The predicted molar refractivity (Wildman–Crippen MR) is 101 cm³/mol. The average Bonchev–Trinajstić information content (AvgIpc) is 3.12. The van der Waals surface area contributed by atoms with E-state index in [4.69, 9.17) is 5.73 Å². The minimum Gasteiger partial charge on any atom is -0.345 e. The summed E-state index contributed by atoms with van der Waals surface area (Å²) in [7, 11) is 1.83. The van der Waals surface area contributed by atoms with Gasteiger partial charge in [0.1, 0.15) is 11.5 Å². The molecule has 0 aliphatic carbocycles. The van der Waals surface area contributed by atoms with Crippen LogP contribution in [0.5, 0.6) is 0 Å². The Morgan fingerprint density at radius 2 is 2.33 bits per heavy atom. The second-order valence-corrected chi connectivity index (χ2v) is 8.12. The van der Waals surface area contributed by atoms with Crippen LogP contribution in [0.4, 0.5) is 10.1 Å². The average molecular weight is 407 g/mol. The fraction of sp³-hybridized carbons (Fsp3) is 0.286. The van der Waals surface area contributed by atoms with Gasteiger partial charge in [-0.3, -0.25) is 4.79 Å². The summed E-state index contributed by atoms with van der Waals surface area (Å²) in [6.45, 7) is 0.574. The lowest BCUT2D eigenvalue weighted by Crippen LogP contribution is -2.42. The van der Waals surface area contributed by atoms with Crippen molar-refractivity contribution in [2.45, 2.75) is 14.7 Å². The lowest BCUT2D eigenvalue weighted by atomic mass is 10.3. The number of nitrogens with zero attached hydrogens (tertiary/aromatic N) is 2. The van der Waals surface area contributed by atoms with Crippen LogP contribution in [0.1, 0.15) is 10.5 Å². The van der Waals surface area contributed by atoms with Crippen molar-refractivity contribution in [2.75, 3.05) is 24.2 Å². The van der Waals surface area contributed by atoms with Crippen molar-refractivity contribution >= 4 is 58.9 Å². The molecule has 10 heteroatoms. The molecule has 0 radical (unpaired) electrons. The summed E-state index contributed by atoms with van der Waals surface area (Å²) in [6.07, 6.45) is 0. The number of hydrogen-bond donors (Lipinski definition) is 2. The second-order valence-electron chi connectivity index (χ2n) is 4.80. The summed E-state index contributed by atoms with van der Waals surface area (Å²) < 4.78 is 14.2. The molecule has 1 aromatic carbocycles. The molecule has 5 nitrogen and oxygen atoms in total. The van der Waals surface area contributed by atoms with Crippen LogP contribution >= 0.6 is 47.3 Å². The molecular weight excluding hydrogens is 391 g/mol. The number of anilines is 1. The number of halogens is 2. The Kier molecular flexibility index (Phi) is 6.76. The number of hydrogen-bond acceptors (Lipinski definition) is 7. The van der Waals surface area contributed by atoms with Crippen molar-refractivity contribution in [1.82, 2.24) is 10.3 Å². The fourth-order valence-corrected chi connectivity index (χ4v) is 4.87. The third kappa shape index (κ3) is 4.15. The molecule has 1 aromatic heterocycles. The maximum absolute atomic E-state index is 13.4. The van der Waals surface area contributed by atoms with Crippen LogP contribution in [0.2, 0.25) is 0 Å². The highest BCUT2D eigenvalue weighted by Gasteiger charge is 2.29. The first-order valence-corrected chi connectivity index (χ1v) is 9.61. The Hall–Kier alpha value is -1.00. The van der Waals surface area contributed by atoms with Crippen molar-refractivity contribution in [2.24, 2.45) is 5.73 Å². The van der Waals surface area contributed by atoms with Gasteiger partial charge in [-0.1, -0.05) is 23.5 Å². The first-order valence-electron chi connectivity index (χ1n) is 6.87. The van der Waals surface area contributed by atoms with E-state index in [0.717, 1.165) is 20.7 Å². The van der Waals surface area contributed by atoms with E-state index in [1.165, 1.54) is 47.0 Å². The van der Waals surface area contributed by atoms with Crippen LogP contribution < -0.4 is 16.0 Å². The van der Waals surface area contributed by atoms with E-state index in [0.29, 0.717) is 12.2 Å². The molecule has 2 aromatic rings. The van der Waals surface area contributed by atoms with Crippen LogP contribution in [0, 0.1) is 5.82 Å². The molecule has 1 unspecified atom stereocenters. The standard InChI is InChI=1S/C14H15FN4OS3.ClH/c1-19-10-6-8(15)2-3-11(10)23-13(19)18-12(20)9-7-22-14(17-9)21-5-4-16;/h2-3,6-7,13H,4-5,16H2,1H3,(H,18,20);1H. The van der Waals surface area contributed by atoms with E-state index in [1.807, 2.05) is 11.9 Å². The van der Waals surface area contributed by atoms with E-state index in [-0.39, 0.29) is 29.6 Å². The largest absolute Gasteiger partial charge is 0.345 e. The lowest BCUT2D eigenvalue weighted by molar-refractivity contribution is 0.0945. The number of amides is 1. The van der Waals surface area contributed by atoms with Gasteiger partial charge in [-0.2, -0.15) is 0 Å². The summed E-state index contributed by atoms with van der Waals surface area (Å²) in [5.41, 5.74) is 6.35. The minimum absolute atomic E-state index is 0. The first-order chi connectivity index (χ1) is 11.1. The second kappa shape index (κ2) is 8.39.